The fraction of sp³-hybridized carbons (Fsp3) is 0. The molecule has 1 aromatic heterocycles. The van der Waals surface area contributed by atoms with Crippen LogP contribution in [0, 0.1) is 10.1 Å². The molecule has 6 nitrogen and oxygen atoms in total. The molecule has 1 heterocycles. The van der Waals surface area contributed by atoms with Crippen LogP contribution in [-0.4, -0.2) is 21.0 Å². The Labute approximate surface area is 99.6 Å². The molecule has 7 heteroatoms. The van der Waals surface area contributed by atoms with E-state index in [2.05, 4.69) is 4.98 Å². The monoisotopic (exact) mass is 252 g/mol. The van der Waals surface area contributed by atoms with E-state index in [4.69, 9.17) is 16.7 Å². The molecule has 0 saturated carbocycles. The number of carboxylic acids is 1. The minimum atomic E-state index is -1.23. The Balaban J connectivity index is 2.72. The van der Waals surface area contributed by atoms with E-state index in [9.17, 15) is 14.9 Å². The summed E-state index contributed by atoms with van der Waals surface area (Å²) in [5, 5.41) is 19.6. The van der Waals surface area contributed by atoms with Crippen LogP contribution in [0.15, 0.2) is 24.3 Å². The standard InChI is InChI=1S/C10H5ClN2O4/c11-9-7(10(14)15)4-5-3-6(13(16)17)1-2-8(5)12-9/h1-4H,(H,14,15). The fourth-order valence-electron chi connectivity index (χ4n) is 1.40. The summed E-state index contributed by atoms with van der Waals surface area (Å²) in [6, 6.07) is 5.22. The number of nitro groups is 1. The maximum absolute atomic E-state index is 10.8. The van der Waals surface area contributed by atoms with Crippen LogP contribution in [0.1, 0.15) is 10.4 Å². The molecule has 0 aliphatic rings. The molecular weight excluding hydrogens is 248 g/mol. The van der Waals surface area contributed by atoms with Gasteiger partial charge in [-0.15, -0.1) is 0 Å². The summed E-state index contributed by atoms with van der Waals surface area (Å²) in [7, 11) is 0. The van der Waals surface area contributed by atoms with Crippen molar-refractivity contribution in [3.63, 3.8) is 0 Å². The third kappa shape index (κ3) is 2.02. The summed E-state index contributed by atoms with van der Waals surface area (Å²) in [5.41, 5.74) is 0.100. The molecule has 0 aliphatic heterocycles. The van der Waals surface area contributed by atoms with E-state index in [0.717, 1.165) is 0 Å². The Morgan fingerprint density at radius 1 is 1.41 bits per heavy atom. The van der Waals surface area contributed by atoms with Gasteiger partial charge in [0.25, 0.3) is 5.69 Å². The Bertz CT molecular complexity index is 641. The van der Waals surface area contributed by atoms with E-state index in [0.29, 0.717) is 10.9 Å². The van der Waals surface area contributed by atoms with Gasteiger partial charge in [0.1, 0.15) is 5.15 Å². The summed E-state index contributed by atoms with van der Waals surface area (Å²) in [6.45, 7) is 0. The van der Waals surface area contributed by atoms with Gasteiger partial charge in [0.15, 0.2) is 0 Å². The zero-order chi connectivity index (χ0) is 12.6. The number of nitrogens with zero attached hydrogens (tertiary/aromatic N) is 2. The minimum Gasteiger partial charge on any atom is -0.478 e. The number of benzene rings is 1. The van der Waals surface area contributed by atoms with E-state index in [1.807, 2.05) is 0 Å². The summed E-state index contributed by atoms with van der Waals surface area (Å²) >= 11 is 5.67. The molecule has 2 rings (SSSR count). The van der Waals surface area contributed by atoms with Crippen LogP contribution in [0.4, 0.5) is 5.69 Å². The number of pyridine rings is 1. The molecule has 0 atom stereocenters. The van der Waals surface area contributed by atoms with Crippen LogP contribution < -0.4 is 0 Å². The third-order valence-corrected chi connectivity index (χ3v) is 2.48. The van der Waals surface area contributed by atoms with Crippen molar-refractivity contribution in [3.8, 4) is 0 Å². The zero-order valence-corrected chi connectivity index (χ0v) is 9.01. The van der Waals surface area contributed by atoms with E-state index in [-0.39, 0.29) is 16.4 Å². The first-order valence-corrected chi connectivity index (χ1v) is 4.85. The second kappa shape index (κ2) is 3.99. The van der Waals surface area contributed by atoms with Gasteiger partial charge in [-0.1, -0.05) is 11.6 Å². The number of aromatic carboxylic acids is 1. The number of nitro benzene ring substituents is 1. The number of hydrogen-bond acceptors (Lipinski definition) is 4. The quantitative estimate of drug-likeness (QED) is 0.503. The summed E-state index contributed by atoms with van der Waals surface area (Å²) in [4.78, 5) is 24.7. The van der Waals surface area contributed by atoms with Crippen LogP contribution >= 0.6 is 11.6 Å². The largest absolute Gasteiger partial charge is 0.478 e. The summed E-state index contributed by atoms with van der Waals surface area (Å²) in [5.74, 6) is -1.23. The highest BCUT2D eigenvalue weighted by atomic mass is 35.5. The lowest BCUT2D eigenvalue weighted by atomic mass is 10.1. The molecule has 0 radical (unpaired) electrons. The zero-order valence-electron chi connectivity index (χ0n) is 8.25. The summed E-state index contributed by atoms with van der Waals surface area (Å²) < 4.78 is 0. The second-order valence-electron chi connectivity index (χ2n) is 3.27. The molecule has 86 valence electrons. The molecule has 0 unspecified atom stereocenters. The lowest BCUT2D eigenvalue weighted by Gasteiger charge is -2.01. The lowest BCUT2D eigenvalue weighted by Crippen LogP contribution is -1.99. The van der Waals surface area contributed by atoms with Crippen molar-refractivity contribution in [2.24, 2.45) is 0 Å². The van der Waals surface area contributed by atoms with Crippen LogP contribution in [0.3, 0.4) is 0 Å². The average Bonchev–Trinajstić information content (AvgIpc) is 2.27. The maximum atomic E-state index is 10.8. The van der Waals surface area contributed by atoms with Crippen molar-refractivity contribution < 1.29 is 14.8 Å². The first kappa shape index (κ1) is 11.3. The van der Waals surface area contributed by atoms with Crippen molar-refractivity contribution >= 4 is 34.2 Å². The van der Waals surface area contributed by atoms with Crippen LogP contribution in [0.5, 0.6) is 0 Å². The van der Waals surface area contributed by atoms with E-state index >= 15 is 0 Å². The molecular formula is C10H5ClN2O4. The van der Waals surface area contributed by atoms with E-state index < -0.39 is 10.9 Å². The van der Waals surface area contributed by atoms with Gasteiger partial charge in [-0.25, -0.2) is 9.78 Å². The molecule has 1 aromatic carbocycles. The number of halogens is 1. The Kier molecular flexibility index (Phi) is 2.64. The average molecular weight is 253 g/mol. The molecule has 1 N–H and O–H groups in total. The van der Waals surface area contributed by atoms with Gasteiger partial charge in [0.05, 0.1) is 16.0 Å². The molecule has 0 spiro atoms. The first-order chi connectivity index (χ1) is 7.99. The number of hydrogen-bond donors (Lipinski definition) is 1. The van der Waals surface area contributed by atoms with Gasteiger partial charge < -0.3 is 5.11 Å². The van der Waals surface area contributed by atoms with Crippen LogP contribution in [0.25, 0.3) is 10.9 Å². The molecule has 0 saturated heterocycles. The first-order valence-electron chi connectivity index (χ1n) is 4.47. The van der Waals surface area contributed by atoms with Gasteiger partial charge >= 0.3 is 5.97 Å². The molecule has 17 heavy (non-hydrogen) atoms. The maximum Gasteiger partial charge on any atom is 0.338 e. The normalized spacial score (nSPS) is 10.4. The molecule has 0 bridgehead atoms. The van der Waals surface area contributed by atoms with Crippen LogP contribution in [-0.2, 0) is 0 Å². The Morgan fingerprint density at radius 2 is 2.12 bits per heavy atom. The van der Waals surface area contributed by atoms with Crippen molar-refractivity contribution in [1.82, 2.24) is 4.98 Å². The highest BCUT2D eigenvalue weighted by molar-refractivity contribution is 6.32. The smallest absolute Gasteiger partial charge is 0.338 e. The lowest BCUT2D eigenvalue weighted by molar-refractivity contribution is -0.384. The predicted octanol–water partition coefficient (Wildman–Crippen LogP) is 2.49. The van der Waals surface area contributed by atoms with Crippen LogP contribution in [0.2, 0.25) is 5.15 Å². The van der Waals surface area contributed by atoms with Gasteiger partial charge in [-0.3, -0.25) is 10.1 Å². The van der Waals surface area contributed by atoms with Gasteiger partial charge in [-0.2, -0.15) is 0 Å². The van der Waals surface area contributed by atoms with Gasteiger partial charge in [0, 0.05) is 17.5 Å². The number of non-ortho nitro benzene ring substituents is 1. The fourth-order valence-corrected chi connectivity index (χ4v) is 1.63. The molecule has 0 aliphatic carbocycles. The number of rotatable bonds is 2. The minimum absolute atomic E-state index is 0.127. The predicted molar refractivity (Wildman–Crippen MR) is 60.4 cm³/mol. The van der Waals surface area contributed by atoms with Gasteiger partial charge in [-0.05, 0) is 12.1 Å². The molecule has 2 aromatic rings. The van der Waals surface area contributed by atoms with Crippen molar-refractivity contribution in [2.75, 3.05) is 0 Å². The Hall–Kier alpha value is -2.21. The summed E-state index contributed by atoms with van der Waals surface area (Å²) in [6.07, 6.45) is 0. The number of carbonyl (C=O) groups is 1. The number of carboxylic acid groups (broad SMARTS) is 1. The SMILES string of the molecule is O=C(O)c1cc2cc([N+](=O)[O-])ccc2nc1Cl. The van der Waals surface area contributed by atoms with Crippen molar-refractivity contribution in [3.05, 3.63) is 45.1 Å². The highest BCUT2D eigenvalue weighted by Gasteiger charge is 2.13. The Morgan fingerprint density at radius 3 is 2.71 bits per heavy atom. The molecule has 0 amide bonds. The number of aromatic nitrogens is 1. The topological polar surface area (TPSA) is 93.3 Å². The molecule has 0 fully saturated rings. The second-order valence-corrected chi connectivity index (χ2v) is 3.62. The number of fused-ring (bicyclic) bond motifs is 1. The van der Waals surface area contributed by atoms with Crippen molar-refractivity contribution in [1.29, 1.82) is 0 Å². The highest BCUT2D eigenvalue weighted by Crippen LogP contribution is 2.24. The van der Waals surface area contributed by atoms with Gasteiger partial charge in [0.2, 0.25) is 0 Å². The third-order valence-electron chi connectivity index (χ3n) is 2.19. The van der Waals surface area contributed by atoms with E-state index in [1.54, 1.807) is 0 Å². The van der Waals surface area contributed by atoms with Crippen molar-refractivity contribution in [2.45, 2.75) is 0 Å². The van der Waals surface area contributed by atoms with E-state index in [1.165, 1.54) is 24.3 Å².